The molecule has 0 unspecified atom stereocenters. The molecule has 22 heavy (non-hydrogen) atoms. The normalized spacial score (nSPS) is 23.3. The molecule has 1 aromatic carbocycles. The van der Waals surface area contributed by atoms with E-state index in [9.17, 15) is 0 Å². The summed E-state index contributed by atoms with van der Waals surface area (Å²) in [4.78, 5) is 4.85. The summed E-state index contributed by atoms with van der Waals surface area (Å²) in [6, 6.07) is 3.61. The number of fused-ring (bicyclic) bond motifs is 5. The van der Waals surface area contributed by atoms with Gasteiger partial charge in [-0.25, -0.2) is 0 Å². The summed E-state index contributed by atoms with van der Waals surface area (Å²) in [5, 5.41) is 2.06. The number of benzene rings is 1. The van der Waals surface area contributed by atoms with Crippen molar-refractivity contribution in [2.24, 2.45) is 5.92 Å². The van der Waals surface area contributed by atoms with Gasteiger partial charge in [0.15, 0.2) is 0 Å². The molecule has 0 saturated carbocycles. The van der Waals surface area contributed by atoms with Gasteiger partial charge in [0, 0.05) is 27.4 Å². The third-order valence-electron chi connectivity index (χ3n) is 5.05. The molecular weight excluding hydrogens is 315 g/mol. The minimum absolute atomic E-state index is 0.484. The van der Waals surface area contributed by atoms with E-state index in [-0.39, 0.29) is 0 Å². The van der Waals surface area contributed by atoms with Crippen LogP contribution in [0.1, 0.15) is 43.4 Å². The molecule has 2 aliphatic rings. The molecule has 2 nitrogen and oxygen atoms in total. The number of anilines is 1. The molecule has 114 valence electrons. The highest BCUT2D eigenvalue weighted by Gasteiger charge is 2.33. The Morgan fingerprint density at radius 3 is 2.86 bits per heavy atom. The van der Waals surface area contributed by atoms with Crippen molar-refractivity contribution in [3.8, 4) is 0 Å². The van der Waals surface area contributed by atoms with Crippen LogP contribution in [0.15, 0.2) is 23.8 Å². The molecule has 1 aromatic heterocycles. The zero-order valence-electron chi connectivity index (χ0n) is 12.5. The maximum Gasteiger partial charge on any atom is 0.0756 e. The Kier molecular flexibility index (Phi) is 3.35. The van der Waals surface area contributed by atoms with E-state index in [1.54, 1.807) is 11.6 Å². The number of nitrogens with two attached hydrogens (primary N) is 1. The second-order valence-electron chi connectivity index (χ2n) is 6.45. The van der Waals surface area contributed by atoms with Gasteiger partial charge >= 0.3 is 0 Å². The molecule has 2 aliphatic carbocycles. The van der Waals surface area contributed by atoms with E-state index in [1.165, 1.54) is 12.0 Å². The number of aromatic nitrogens is 1. The molecule has 2 aromatic rings. The van der Waals surface area contributed by atoms with Gasteiger partial charge in [0.2, 0.25) is 0 Å². The summed E-state index contributed by atoms with van der Waals surface area (Å²) in [5.41, 5.74) is 12.1. The van der Waals surface area contributed by atoms with Crippen LogP contribution in [0.25, 0.3) is 10.9 Å². The monoisotopic (exact) mass is 332 g/mol. The Labute approximate surface area is 140 Å². The number of halogens is 2. The lowest BCUT2D eigenvalue weighted by Crippen LogP contribution is -2.24. The highest BCUT2D eigenvalue weighted by Crippen LogP contribution is 2.48. The Morgan fingerprint density at radius 1 is 1.27 bits per heavy atom. The highest BCUT2D eigenvalue weighted by molar-refractivity contribution is 6.39. The average Bonchev–Trinajstić information content (AvgIpc) is 2.45. The van der Waals surface area contributed by atoms with Crippen LogP contribution in [-0.4, -0.2) is 4.98 Å². The first kappa shape index (κ1) is 14.3. The first-order valence-corrected chi connectivity index (χ1v) is 8.59. The van der Waals surface area contributed by atoms with E-state index in [0.717, 1.165) is 41.5 Å². The van der Waals surface area contributed by atoms with E-state index in [2.05, 4.69) is 13.0 Å². The van der Waals surface area contributed by atoms with Crippen LogP contribution in [0.2, 0.25) is 10.0 Å². The fourth-order valence-electron chi connectivity index (χ4n) is 4.13. The lowest BCUT2D eigenvalue weighted by Gasteiger charge is -2.36. The van der Waals surface area contributed by atoms with Gasteiger partial charge in [-0.1, -0.05) is 41.8 Å². The molecule has 2 N–H and O–H groups in total. The van der Waals surface area contributed by atoms with Crippen LogP contribution in [0.5, 0.6) is 0 Å². The Morgan fingerprint density at radius 2 is 2.09 bits per heavy atom. The maximum absolute atomic E-state index is 6.53. The first-order chi connectivity index (χ1) is 10.6. The van der Waals surface area contributed by atoms with E-state index in [4.69, 9.17) is 33.9 Å². The lowest BCUT2D eigenvalue weighted by molar-refractivity contribution is 0.429. The summed E-state index contributed by atoms with van der Waals surface area (Å²) >= 11 is 12.5. The van der Waals surface area contributed by atoms with Gasteiger partial charge in [0.25, 0.3) is 0 Å². The molecular formula is C18H18Cl2N2. The Balaban J connectivity index is 1.95. The zero-order valence-corrected chi connectivity index (χ0v) is 14.0. The molecule has 0 amide bonds. The van der Waals surface area contributed by atoms with E-state index < -0.39 is 0 Å². The third-order valence-corrected chi connectivity index (χ3v) is 5.56. The number of allylic oxidation sites excluding steroid dienone is 2. The van der Waals surface area contributed by atoms with Gasteiger partial charge in [-0.3, -0.25) is 4.98 Å². The Bertz CT molecular complexity index is 811. The SMILES string of the molecule is CCC1=C[C@H]2Cc3nc4cc(Cl)cc(Cl)c4c(N)c3[C@@H](C1)C2. The molecule has 2 atom stereocenters. The standard InChI is InChI=1S/C18H18Cl2N2/c1-2-9-3-10-5-11(4-9)16-14(6-10)22-15-8-12(19)7-13(20)17(15)18(16)21/h3,7-8,10-11H,2,4-6H2,1H3,(H2,21,22)/t10-,11+/m1/s1. The van der Waals surface area contributed by atoms with Crippen LogP contribution >= 0.6 is 23.2 Å². The smallest absolute Gasteiger partial charge is 0.0756 e. The van der Waals surface area contributed by atoms with Crippen molar-refractivity contribution in [2.75, 3.05) is 5.73 Å². The van der Waals surface area contributed by atoms with Gasteiger partial charge in [-0.15, -0.1) is 0 Å². The number of nitrogen functional groups attached to an aromatic ring is 1. The predicted octanol–water partition coefficient (Wildman–Crippen LogP) is 5.51. The molecule has 0 radical (unpaired) electrons. The maximum atomic E-state index is 6.53. The molecule has 2 bridgehead atoms. The topological polar surface area (TPSA) is 38.9 Å². The van der Waals surface area contributed by atoms with Crippen LogP contribution < -0.4 is 5.73 Å². The largest absolute Gasteiger partial charge is 0.398 e. The summed E-state index contributed by atoms with van der Waals surface area (Å²) < 4.78 is 0. The van der Waals surface area contributed by atoms with Gasteiger partial charge in [-0.2, -0.15) is 0 Å². The van der Waals surface area contributed by atoms with Crippen LogP contribution in [0.3, 0.4) is 0 Å². The van der Waals surface area contributed by atoms with Crippen LogP contribution in [0, 0.1) is 5.92 Å². The summed E-state index contributed by atoms with van der Waals surface area (Å²) in [6.07, 6.45) is 6.83. The van der Waals surface area contributed by atoms with Crippen molar-refractivity contribution in [3.05, 3.63) is 45.1 Å². The molecule has 4 rings (SSSR count). The first-order valence-electron chi connectivity index (χ1n) is 7.83. The highest BCUT2D eigenvalue weighted by atomic mass is 35.5. The van der Waals surface area contributed by atoms with Gasteiger partial charge in [0.1, 0.15) is 0 Å². The molecule has 4 heteroatoms. The van der Waals surface area contributed by atoms with Crippen molar-refractivity contribution >= 4 is 39.8 Å². The molecule has 0 saturated heterocycles. The molecule has 0 spiro atoms. The average molecular weight is 333 g/mol. The van der Waals surface area contributed by atoms with Crippen molar-refractivity contribution in [1.82, 2.24) is 4.98 Å². The van der Waals surface area contributed by atoms with Crippen molar-refractivity contribution < 1.29 is 0 Å². The number of pyridine rings is 1. The lowest BCUT2D eigenvalue weighted by atomic mass is 9.70. The number of hydrogen-bond donors (Lipinski definition) is 1. The quantitative estimate of drug-likeness (QED) is 0.699. The summed E-state index contributed by atoms with van der Waals surface area (Å²) in [7, 11) is 0. The molecule has 0 aliphatic heterocycles. The fourth-order valence-corrected chi connectivity index (χ4v) is 4.71. The fraction of sp³-hybridized carbons (Fsp3) is 0.389. The van der Waals surface area contributed by atoms with Gasteiger partial charge in [0.05, 0.1) is 10.5 Å². The van der Waals surface area contributed by atoms with Crippen LogP contribution in [0.4, 0.5) is 5.69 Å². The number of hydrogen-bond acceptors (Lipinski definition) is 2. The van der Waals surface area contributed by atoms with Crippen molar-refractivity contribution in [3.63, 3.8) is 0 Å². The molecule has 1 heterocycles. The second-order valence-corrected chi connectivity index (χ2v) is 7.29. The minimum Gasteiger partial charge on any atom is -0.398 e. The van der Waals surface area contributed by atoms with Gasteiger partial charge in [-0.05, 0) is 49.7 Å². The predicted molar refractivity (Wildman–Crippen MR) is 93.7 cm³/mol. The zero-order chi connectivity index (χ0) is 15.4. The van der Waals surface area contributed by atoms with E-state index >= 15 is 0 Å². The van der Waals surface area contributed by atoms with E-state index in [1.807, 2.05) is 6.07 Å². The number of nitrogens with zero attached hydrogens (tertiary/aromatic N) is 1. The Hall–Kier alpha value is -1.25. The second kappa shape index (κ2) is 5.14. The van der Waals surface area contributed by atoms with Crippen molar-refractivity contribution in [1.29, 1.82) is 0 Å². The van der Waals surface area contributed by atoms with E-state index in [0.29, 0.717) is 21.9 Å². The van der Waals surface area contributed by atoms with Gasteiger partial charge < -0.3 is 5.73 Å². The van der Waals surface area contributed by atoms with Crippen LogP contribution in [-0.2, 0) is 6.42 Å². The summed E-state index contributed by atoms with van der Waals surface area (Å²) in [5.74, 6) is 1.08. The van der Waals surface area contributed by atoms with Crippen molar-refractivity contribution in [2.45, 2.75) is 38.5 Å². The minimum atomic E-state index is 0.484. The molecule has 0 fully saturated rings. The number of rotatable bonds is 1. The third kappa shape index (κ3) is 2.12. The summed E-state index contributed by atoms with van der Waals surface area (Å²) in [6.45, 7) is 2.23.